The lowest BCUT2D eigenvalue weighted by molar-refractivity contribution is -0.185. The number of halogens is 1. The number of hydrazine groups is 1. The van der Waals surface area contributed by atoms with Crippen LogP contribution >= 0.6 is 0 Å². The molecule has 3 N–H and O–H groups in total. The van der Waals surface area contributed by atoms with E-state index in [1.165, 1.54) is 12.1 Å². The van der Waals surface area contributed by atoms with Crippen molar-refractivity contribution in [3.8, 4) is 11.1 Å². The molecular weight excluding hydrogens is 525 g/mol. The maximum atomic E-state index is 13.9. The Morgan fingerprint density at radius 2 is 1.85 bits per heavy atom. The Bertz CT molecular complexity index is 1450. The van der Waals surface area contributed by atoms with Crippen molar-refractivity contribution in [3.63, 3.8) is 0 Å². The van der Waals surface area contributed by atoms with E-state index in [9.17, 15) is 14.0 Å². The molecular formula is C31H34FN5O4. The van der Waals surface area contributed by atoms with Crippen LogP contribution in [-0.4, -0.2) is 52.8 Å². The zero-order valence-corrected chi connectivity index (χ0v) is 23.0. The third kappa shape index (κ3) is 6.97. The van der Waals surface area contributed by atoms with Crippen LogP contribution in [0.2, 0.25) is 0 Å². The third-order valence-electron chi connectivity index (χ3n) is 7.18. The average Bonchev–Trinajstić information content (AvgIpc) is 3.62. The molecule has 1 aliphatic rings. The number of rotatable bonds is 13. The van der Waals surface area contributed by atoms with Gasteiger partial charge >= 0.3 is 0 Å². The number of H-pyrrole nitrogens is 1. The first-order valence-corrected chi connectivity index (χ1v) is 13.8. The fraction of sp³-hybridized carbons (Fsp3) is 0.323. The molecule has 1 fully saturated rings. The summed E-state index contributed by atoms with van der Waals surface area (Å²) in [7, 11) is 0. The minimum atomic E-state index is -0.879. The van der Waals surface area contributed by atoms with Gasteiger partial charge in [0.15, 0.2) is 5.79 Å². The summed E-state index contributed by atoms with van der Waals surface area (Å²) in [5.41, 5.74) is 8.44. The largest absolute Gasteiger partial charge is 0.357 e. The number of aromatic amines is 1. The topological polar surface area (TPSA) is 109 Å². The zero-order chi connectivity index (χ0) is 28.7. The number of ether oxygens (including phenoxy) is 2. The standard InChI is InChI=1S/C31H34FN5O4/c1-2-10-31(40-12-13-41-31)20-37(35-19-28-15-26-18-33-11-9-29(26)36-28)30(39)16-24-4-3-23(14-25(24)17-34-21-38)22-5-7-27(32)8-6-22/h3-9,11,14-15,18,21,35-36H,2,10,12-13,16-17,19-20H2,1H3,(H,34,38). The Labute approximate surface area is 238 Å². The molecule has 0 aliphatic carbocycles. The van der Waals surface area contributed by atoms with E-state index in [1.807, 2.05) is 30.3 Å². The Hall–Kier alpha value is -4.12. The maximum absolute atomic E-state index is 13.9. The molecule has 41 heavy (non-hydrogen) atoms. The Morgan fingerprint density at radius 3 is 2.59 bits per heavy atom. The van der Waals surface area contributed by atoms with Gasteiger partial charge < -0.3 is 19.8 Å². The average molecular weight is 560 g/mol. The monoisotopic (exact) mass is 559 g/mol. The SMILES string of the molecule is CCCC1(CN(NCc2cc3cnccc3[nH]2)C(=O)Cc2ccc(-c3ccc(F)cc3)cc2CNC=O)OCCO1. The molecule has 10 heteroatoms. The normalized spacial score (nSPS) is 14.3. The summed E-state index contributed by atoms with van der Waals surface area (Å²) in [6.07, 6.45) is 5.72. The molecule has 9 nitrogen and oxygen atoms in total. The molecule has 2 aromatic carbocycles. The molecule has 3 heterocycles. The highest BCUT2D eigenvalue weighted by Crippen LogP contribution is 2.27. The van der Waals surface area contributed by atoms with Crippen molar-refractivity contribution < 1.29 is 23.5 Å². The second-order valence-corrected chi connectivity index (χ2v) is 10.1. The van der Waals surface area contributed by atoms with Crippen LogP contribution in [-0.2, 0) is 38.6 Å². The lowest BCUT2D eigenvalue weighted by atomic mass is 9.97. The number of carbonyl (C=O) groups excluding carboxylic acids is 2. The van der Waals surface area contributed by atoms with E-state index >= 15 is 0 Å². The summed E-state index contributed by atoms with van der Waals surface area (Å²) < 4.78 is 25.5. The molecule has 4 aromatic rings. The van der Waals surface area contributed by atoms with Gasteiger partial charge in [-0.15, -0.1) is 0 Å². The first-order chi connectivity index (χ1) is 20.0. The van der Waals surface area contributed by atoms with Crippen molar-refractivity contribution in [2.75, 3.05) is 19.8 Å². The Morgan fingerprint density at radius 1 is 1.07 bits per heavy atom. The first-order valence-electron chi connectivity index (χ1n) is 13.8. The van der Waals surface area contributed by atoms with E-state index < -0.39 is 5.79 Å². The molecule has 2 aromatic heterocycles. The second kappa shape index (κ2) is 13.0. The first kappa shape index (κ1) is 28.4. The quantitative estimate of drug-likeness (QED) is 0.167. The fourth-order valence-electron chi connectivity index (χ4n) is 5.17. The third-order valence-corrected chi connectivity index (χ3v) is 7.18. The van der Waals surface area contributed by atoms with Crippen molar-refractivity contribution in [2.45, 2.75) is 45.1 Å². The smallest absolute Gasteiger partial charge is 0.241 e. The summed E-state index contributed by atoms with van der Waals surface area (Å²) in [4.78, 5) is 32.5. The zero-order valence-electron chi connectivity index (χ0n) is 23.0. The molecule has 5 rings (SSSR count). The van der Waals surface area contributed by atoms with Gasteiger partial charge in [-0.2, -0.15) is 0 Å². The number of carbonyl (C=O) groups is 2. The van der Waals surface area contributed by atoms with Crippen molar-refractivity contribution in [1.82, 2.24) is 25.7 Å². The molecule has 1 aliphatic heterocycles. The number of pyridine rings is 1. The molecule has 0 unspecified atom stereocenters. The van der Waals surface area contributed by atoms with Crippen LogP contribution in [0.3, 0.4) is 0 Å². The number of fused-ring (bicyclic) bond motifs is 1. The van der Waals surface area contributed by atoms with E-state index in [4.69, 9.17) is 9.47 Å². The summed E-state index contributed by atoms with van der Waals surface area (Å²) in [5, 5.41) is 5.27. The van der Waals surface area contributed by atoms with Crippen LogP contribution in [0.15, 0.2) is 67.0 Å². The van der Waals surface area contributed by atoms with E-state index in [1.54, 1.807) is 29.5 Å². The van der Waals surface area contributed by atoms with Gasteiger partial charge in [-0.25, -0.2) is 9.82 Å². The fourth-order valence-corrected chi connectivity index (χ4v) is 5.17. The number of amides is 2. The minimum Gasteiger partial charge on any atom is -0.357 e. The van der Waals surface area contributed by atoms with Crippen LogP contribution < -0.4 is 10.7 Å². The second-order valence-electron chi connectivity index (χ2n) is 10.1. The molecule has 214 valence electrons. The highest BCUT2D eigenvalue weighted by Gasteiger charge is 2.39. The number of hydrogen-bond acceptors (Lipinski definition) is 6. The molecule has 0 atom stereocenters. The van der Waals surface area contributed by atoms with Crippen LogP contribution in [0.5, 0.6) is 0 Å². The Kier molecular flexibility index (Phi) is 9.03. The van der Waals surface area contributed by atoms with Crippen molar-refractivity contribution in [1.29, 1.82) is 0 Å². The van der Waals surface area contributed by atoms with Gasteiger partial charge in [-0.1, -0.05) is 37.6 Å². The van der Waals surface area contributed by atoms with Crippen LogP contribution in [0, 0.1) is 5.82 Å². The van der Waals surface area contributed by atoms with E-state index in [0.717, 1.165) is 45.3 Å². The molecule has 2 amide bonds. The van der Waals surface area contributed by atoms with Crippen molar-refractivity contribution >= 4 is 23.2 Å². The van der Waals surface area contributed by atoms with Gasteiger partial charge in [0.1, 0.15) is 5.82 Å². The highest BCUT2D eigenvalue weighted by molar-refractivity contribution is 5.80. The lowest BCUT2D eigenvalue weighted by Gasteiger charge is -2.34. The van der Waals surface area contributed by atoms with Gasteiger partial charge in [0.2, 0.25) is 12.3 Å². The highest BCUT2D eigenvalue weighted by atomic mass is 19.1. The minimum absolute atomic E-state index is 0.0887. The molecule has 0 spiro atoms. The molecule has 0 bridgehead atoms. The van der Waals surface area contributed by atoms with Gasteiger partial charge in [0.25, 0.3) is 0 Å². The molecule has 0 radical (unpaired) electrons. The summed E-state index contributed by atoms with van der Waals surface area (Å²) >= 11 is 0. The number of aromatic nitrogens is 2. The number of hydrogen-bond donors (Lipinski definition) is 3. The van der Waals surface area contributed by atoms with Gasteiger partial charge in [-0.05, 0) is 52.6 Å². The molecule has 0 saturated carbocycles. The van der Waals surface area contributed by atoms with Crippen molar-refractivity contribution in [2.24, 2.45) is 0 Å². The number of benzene rings is 2. The van der Waals surface area contributed by atoms with E-state index in [0.29, 0.717) is 32.6 Å². The maximum Gasteiger partial charge on any atom is 0.241 e. The molecule has 1 saturated heterocycles. The van der Waals surface area contributed by atoms with Crippen molar-refractivity contribution in [3.05, 3.63) is 89.6 Å². The van der Waals surface area contributed by atoms with Crippen LogP contribution in [0.4, 0.5) is 4.39 Å². The predicted molar refractivity (Wildman–Crippen MR) is 153 cm³/mol. The number of nitrogens with one attached hydrogen (secondary N) is 3. The van der Waals surface area contributed by atoms with Gasteiger partial charge in [0, 0.05) is 42.0 Å². The van der Waals surface area contributed by atoms with Crippen LogP contribution in [0.25, 0.3) is 22.0 Å². The van der Waals surface area contributed by atoms with Crippen LogP contribution in [0.1, 0.15) is 36.6 Å². The number of nitrogens with zero attached hydrogens (tertiary/aromatic N) is 2. The van der Waals surface area contributed by atoms with Gasteiger partial charge in [0.05, 0.1) is 32.7 Å². The predicted octanol–water partition coefficient (Wildman–Crippen LogP) is 4.23. The summed E-state index contributed by atoms with van der Waals surface area (Å²) in [6.45, 7) is 3.86. The van der Waals surface area contributed by atoms with E-state index in [-0.39, 0.29) is 31.2 Å². The summed E-state index contributed by atoms with van der Waals surface area (Å²) in [5.74, 6) is -1.36. The van der Waals surface area contributed by atoms with Gasteiger partial charge in [-0.3, -0.25) is 19.6 Å². The Balaban J connectivity index is 1.39. The summed E-state index contributed by atoms with van der Waals surface area (Å²) in [6, 6.07) is 15.8. The van der Waals surface area contributed by atoms with E-state index in [2.05, 4.69) is 27.6 Å². The lowest BCUT2D eigenvalue weighted by Crippen LogP contribution is -2.52.